The fourth-order valence-corrected chi connectivity index (χ4v) is 1.98. The van der Waals surface area contributed by atoms with Crippen LogP contribution in [0.4, 0.5) is 18.9 Å². The number of halogens is 3. The van der Waals surface area contributed by atoms with Crippen LogP contribution < -0.4 is 5.73 Å². The molecule has 0 bridgehead atoms. The molecule has 0 spiro atoms. The van der Waals surface area contributed by atoms with Gasteiger partial charge < -0.3 is 5.73 Å². The third kappa shape index (κ3) is 2.43. The molecule has 0 aliphatic heterocycles. The number of hydrogen-bond acceptors (Lipinski definition) is 1. The fraction of sp³-hybridized carbons (Fsp3) is 0.200. The molecule has 0 unspecified atom stereocenters. The number of hydrogen-bond donors (Lipinski definition) is 1. The summed E-state index contributed by atoms with van der Waals surface area (Å²) in [6.07, 6.45) is 1.17. The van der Waals surface area contributed by atoms with Crippen LogP contribution in [0.25, 0.3) is 16.8 Å². The molecule has 0 aromatic heterocycles. The topological polar surface area (TPSA) is 26.0 Å². The van der Waals surface area contributed by atoms with Crippen LogP contribution in [0, 0.1) is 24.4 Å². The van der Waals surface area contributed by atoms with E-state index in [0.29, 0.717) is 16.6 Å². The van der Waals surface area contributed by atoms with Gasteiger partial charge in [0.1, 0.15) is 0 Å². The molecule has 0 fully saturated rings. The predicted molar refractivity (Wildman–Crippen MR) is 74.4 cm³/mol. The van der Waals surface area contributed by atoms with Crippen molar-refractivity contribution in [1.82, 2.24) is 0 Å². The van der Waals surface area contributed by atoms with Gasteiger partial charge >= 0.3 is 0 Å². The number of rotatable bonds is 1. The van der Waals surface area contributed by atoms with Crippen LogP contribution in [0.5, 0.6) is 0 Å². The van der Waals surface area contributed by atoms with E-state index in [2.05, 4.69) is 6.58 Å². The molecule has 2 N–H and O–H groups in total. The smallest absolute Gasteiger partial charge is 0.195 e. The molecule has 0 atom stereocenters. The Morgan fingerprint density at radius 1 is 1.05 bits per heavy atom. The predicted octanol–water partition coefficient (Wildman–Crippen LogP) is 4.82. The molecule has 0 heterocycles. The molecular formula is C15H16F3N. The van der Waals surface area contributed by atoms with Crippen molar-refractivity contribution in [2.75, 3.05) is 5.73 Å². The number of anilines is 1. The molecular weight excluding hydrogens is 251 g/mol. The van der Waals surface area contributed by atoms with Crippen LogP contribution in [-0.2, 0) is 0 Å². The van der Waals surface area contributed by atoms with E-state index in [-0.39, 0.29) is 10.9 Å². The Kier molecular flexibility index (Phi) is 4.59. The maximum atomic E-state index is 13.6. The zero-order valence-electron chi connectivity index (χ0n) is 11.2. The number of aryl methyl sites for hydroxylation is 1. The van der Waals surface area contributed by atoms with E-state index in [1.807, 2.05) is 13.8 Å². The average molecular weight is 267 g/mol. The van der Waals surface area contributed by atoms with Crippen molar-refractivity contribution < 1.29 is 13.2 Å². The van der Waals surface area contributed by atoms with Gasteiger partial charge in [-0.05, 0) is 30.0 Å². The summed E-state index contributed by atoms with van der Waals surface area (Å²) in [6.45, 7) is 9.07. The molecule has 0 radical (unpaired) electrons. The Morgan fingerprint density at radius 2 is 1.63 bits per heavy atom. The van der Waals surface area contributed by atoms with E-state index in [1.165, 1.54) is 12.1 Å². The van der Waals surface area contributed by atoms with Crippen LogP contribution in [-0.4, -0.2) is 0 Å². The first-order valence-electron chi connectivity index (χ1n) is 5.96. The molecule has 19 heavy (non-hydrogen) atoms. The molecule has 0 aliphatic carbocycles. The van der Waals surface area contributed by atoms with Crippen LogP contribution in [0.15, 0.2) is 18.7 Å². The summed E-state index contributed by atoms with van der Waals surface area (Å²) >= 11 is 0. The van der Waals surface area contributed by atoms with E-state index in [0.717, 1.165) is 0 Å². The lowest BCUT2D eigenvalue weighted by atomic mass is 9.98. The lowest BCUT2D eigenvalue weighted by Gasteiger charge is -2.11. The highest BCUT2D eigenvalue weighted by molar-refractivity contribution is 5.95. The minimum absolute atomic E-state index is 0.0312. The van der Waals surface area contributed by atoms with E-state index in [1.54, 1.807) is 13.0 Å². The fourth-order valence-electron chi connectivity index (χ4n) is 1.98. The van der Waals surface area contributed by atoms with Gasteiger partial charge in [0.05, 0.1) is 0 Å². The van der Waals surface area contributed by atoms with Crippen LogP contribution in [0.3, 0.4) is 0 Å². The lowest BCUT2D eigenvalue weighted by Crippen LogP contribution is -1.99. The summed E-state index contributed by atoms with van der Waals surface area (Å²) in [5.74, 6) is -3.95. The molecule has 102 valence electrons. The molecule has 2 aromatic rings. The lowest BCUT2D eigenvalue weighted by molar-refractivity contribution is 0.452. The normalized spacial score (nSPS) is 10.0. The highest BCUT2D eigenvalue weighted by Crippen LogP contribution is 2.32. The van der Waals surface area contributed by atoms with Gasteiger partial charge in [-0.1, -0.05) is 26.5 Å². The van der Waals surface area contributed by atoms with Crippen molar-refractivity contribution in [2.24, 2.45) is 0 Å². The van der Waals surface area contributed by atoms with E-state index in [4.69, 9.17) is 5.73 Å². The molecule has 2 aromatic carbocycles. The monoisotopic (exact) mass is 267 g/mol. The summed E-state index contributed by atoms with van der Waals surface area (Å²) < 4.78 is 40.5. The Labute approximate surface area is 110 Å². The SMILES string of the molecule is C=Cc1c(F)c(F)c(F)c2cc(N)cc(C)c12.CC. The highest BCUT2D eigenvalue weighted by atomic mass is 19.2. The van der Waals surface area contributed by atoms with Gasteiger partial charge in [0.15, 0.2) is 17.5 Å². The number of nitrogen functional groups attached to an aromatic ring is 1. The largest absolute Gasteiger partial charge is 0.399 e. The maximum Gasteiger partial charge on any atom is 0.195 e. The van der Waals surface area contributed by atoms with Gasteiger partial charge in [-0.15, -0.1) is 0 Å². The molecule has 2 rings (SSSR count). The van der Waals surface area contributed by atoms with Crippen molar-refractivity contribution in [2.45, 2.75) is 20.8 Å². The Morgan fingerprint density at radius 3 is 2.16 bits per heavy atom. The molecule has 0 saturated carbocycles. The standard InChI is InChI=1S/C13H10F3N.C2H6/c1-3-8-10-6(2)4-7(17)5-9(10)12(15)13(16)11(8)14;1-2/h3-5H,1,17H2,2H3;1-2H3. The summed E-state index contributed by atoms with van der Waals surface area (Å²) in [5.41, 5.74) is 6.40. The molecule has 0 aliphatic rings. The average Bonchev–Trinajstić information content (AvgIpc) is 2.40. The second kappa shape index (κ2) is 5.78. The molecule has 4 heteroatoms. The van der Waals surface area contributed by atoms with Crippen molar-refractivity contribution in [3.8, 4) is 0 Å². The third-order valence-corrected chi connectivity index (χ3v) is 2.69. The highest BCUT2D eigenvalue weighted by Gasteiger charge is 2.19. The van der Waals surface area contributed by atoms with Gasteiger partial charge in [0.25, 0.3) is 0 Å². The zero-order valence-corrected chi connectivity index (χ0v) is 11.2. The third-order valence-electron chi connectivity index (χ3n) is 2.69. The second-order valence-electron chi connectivity index (χ2n) is 3.82. The first kappa shape index (κ1) is 15.1. The van der Waals surface area contributed by atoms with Crippen molar-refractivity contribution in [1.29, 1.82) is 0 Å². The second-order valence-corrected chi connectivity index (χ2v) is 3.82. The van der Waals surface area contributed by atoms with Gasteiger partial charge in [0.2, 0.25) is 0 Å². The zero-order chi connectivity index (χ0) is 14.7. The Hall–Kier alpha value is -1.97. The van der Waals surface area contributed by atoms with E-state index >= 15 is 0 Å². The van der Waals surface area contributed by atoms with Gasteiger partial charge in [-0.2, -0.15) is 0 Å². The Balaban J connectivity index is 0.000000861. The number of benzene rings is 2. The summed E-state index contributed by atoms with van der Waals surface area (Å²) in [5, 5.41) is 0.266. The van der Waals surface area contributed by atoms with Crippen LogP contribution in [0.2, 0.25) is 0 Å². The van der Waals surface area contributed by atoms with Crippen molar-refractivity contribution in [3.05, 3.63) is 47.3 Å². The quantitative estimate of drug-likeness (QED) is 0.582. The summed E-state index contributed by atoms with van der Waals surface area (Å²) in [6, 6.07) is 2.86. The summed E-state index contributed by atoms with van der Waals surface area (Å²) in [7, 11) is 0. The first-order valence-corrected chi connectivity index (χ1v) is 5.96. The first-order chi connectivity index (χ1) is 8.97. The van der Waals surface area contributed by atoms with Crippen molar-refractivity contribution in [3.63, 3.8) is 0 Å². The minimum atomic E-state index is -1.50. The maximum absolute atomic E-state index is 13.6. The number of fused-ring (bicyclic) bond motifs is 1. The van der Waals surface area contributed by atoms with E-state index in [9.17, 15) is 13.2 Å². The van der Waals surface area contributed by atoms with Crippen LogP contribution in [0.1, 0.15) is 25.0 Å². The van der Waals surface area contributed by atoms with Crippen LogP contribution >= 0.6 is 0 Å². The molecule has 1 nitrogen and oxygen atoms in total. The number of nitrogens with two attached hydrogens (primary N) is 1. The van der Waals surface area contributed by atoms with E-state index < -0.39 is 17.5 Å². The van der Waals surface area contributed by atoms with Gasteiger partial charge in [0, 0.05) is 16.6 Å². The van der Waals surface area contributed by atoms with Crippen molar-refractivity contribution >= 4 is 22.5 Å². The van der Waals surface area contributed by atoms with Gasteiger partial charge in [-0.3, -0.25) is 0 Å². The Bertz CT molecular complexity index is 633. The molecule has 0 amide bonds. The van der Waals surface area contributed by atoms with Gasteiger partial charge in [-0.25, -0.2) is 13.2 Å². The summed E-state index contributed by atoms with van der Waals surface area (Å²) in [4.78, 5) is 0. The minimum Gasteiger partial charge on any atom is -0.399 e. The molecule has 0 saturated heterocycles.